The van der Waals surface area contributed by atoms with Crippen molar-refractivity contribution in [3.63, 3.8) is 0 Å². The third kappa shape index (κ3) is 3.63. The van der Waals surface area contributed by atoms with Gasteiger partial charge in [0.05, 0.1) is 5.56 Å². The van der Waals surface area contributed by atoms with Gasteiger partial charge in [0, 0.05) is 37.2 Å². The lowest BCUT2D eigenvalue weighted by molar-refractivity contribution is -0.145. The van der Waals surface area contributed by atoms with E-state index in [0.717, 1.165) is 57.2 Å². The number of alkyl halides is 3. The first kappa shape index (κ1) is 19.3. The van der Waals surface area contributed by atoms with Crippen molar-refractivity contribution in [2.24, 2.45) is 11.8 Å². The number of hydrogen-bond acceptors (Lipinski definition) is 2. The molecule has 0 radical (unpaired) electrons. The molecule has 0 spiro atoms. The molecule has 0 bridgehead atoms. The average molecular weight is 394 g/mol. The van der Waals surface area contributed by atoms with E-state index in [1.807, 2.05) is 0 Å². The zero-order valence-electron chi connectivity index (χ0n) is 15.8. The fourth-order valence-corrected chi connectivity index (χ4v) is 4.74. The van der Waals surface area contributed by atoms with E-state index in [1.165, 1.54) is 12.1 Å². The van der Waals surface area contributed by atoms with Gasteiger partial charge in [-0.3, -0.25) is 9.59 Å². The molecule has 2 saturated heterocycles. The topological polar surface area (TPSA) is 40.6 Å². The molecule has 2 atom stereocenters. The molecule has 0 N–H and O–H groups in total. The molecule has 4 rings (SSSR count). The third-order valence-electron chi connectivity index (χ3n) is 6.55. The van der Waals surface area contributed by atoms with Crippen LogP contribution in [-0.4, -0.2) is 47.3 Å². The van der Waals surface area contributed by atoms with Crippen LogP contribution in [0.25, 0.3) is 0 Å². The Balaban J connectivity index is 1.42. The highest BCUT2D eigenvalue weighted by molar-refractivity contribution is 5.94. The summed E-state index contributed by atoms with van der Waals surface area (Å²) in [5.74, 6) is 0.494. The molecule has 3 aliphatic rings. The van der Waals surface area contributed by atoms with Crippen molar-refractivity contribution in [3.8, 4) is 0 Å². The number of carbonyl (C=O) groups excluding carboxylic acids is 2. The number of fused-ring (bicyclic) bond motifs is 1. The van der Waals surface area contributed by atoms with E-state index in [4.69, 9.17) is 0 Å². The Morgan fingerprint density at radius 3 is 2.25 bits per heavy atom. The van der Waals surface area contributed by atoms with Gasteiger partial charge in [-0.05, 0) is 62.3 Å². The van der Waals surface area contributed by atoms with E-state index in [-0.39, 0.29) is 35.3 Å². The predicted octanol–water partition coefficient (Wildman–Crippen LogP) is 3.96. The largest absolute Gasteiger partial charge is 0.416 e. The minimum Gasteiger partial charge on any atom is -0.339 e. The highest BCUT2D eigenvalue weighted by Gasteiger charge is 2.42. The summed E-state index contributed by atoms with van der Waals surface area (Å²) in [6.07, 6.45) is 1.38. The summed E-state index contributed by atoms with van der Waals surface area (Å²) < 4.78 is 38.2. The number of likely N-dealkylation sites (tertiary alicyclic amines) is 2. The summed E-state index contributed by atoms with van der Waals surface area (Å²) in [5, 5.41) is 0. The number of benzene rings is 1. The van der Waals surface area contributed by atoms with Crippen molar-refractivity contribution >= 4 is 11.8 Å². The molecule has 3 fully saturated rings. The smallest absolute Gasteiger partial charge is 0.339 e. The van der Waals surface area contributed by atoms with Crippen molar-refractivity contribution in [1.29, 1.82) is 0 Å². The summed E-state index contributed by atoms with van der Waals surface area (Å²) in [6, 6.07) is 4.62. The molecule has 1 aliphatic carbocycles. The zero-order valence-corrected chi connectivity index (χ0v) is 15.8. The molecule has 0 unspecified atom stereocenters. The van der Waals surface area contributed by atoms with Gasteiger partial charge in [-0.25, -0.2) is 0 Å². The Morgan fingerprint density at radius 1 is 0.929 bits per heavy atom. The predicted molar refractivity (Wildman–Crippen MR) is 97.5 cm³/mol. The van der Waals surface area contributed by atoms with Gasteiger partial charge in [-0.15, -0.1) is 0 Å². The molecule has 1 saturated carbocycles. The standard InChI is InChI=1S/C21H25F3N2O2/c22-21(23,24)17-8-6-15(7-9-17)19(27)25-12-10-18-16(13-25)5-2-11-26(18)20(28)14-3-1-4-14/h6-9,14,16,18H,1-5,10-13H2/t16-,18+/m1/s1. The van der Waals surface area contributed by atoms with Gasteiger partial charge in [0.15, 0.2) is 0 Å². The Labute approximate surface area is 162 Å². The fraction of sp³-hybridized carbons (Fsp3) is 0.619. The Bertz CT molecular complexity index is 743. The Kier molecular flexibility index (Phi) is 5.10. The molecule has 1 aromatic rings. The molecule has 1 aromatic carbocycles. The van der Waals surface area contributed by atoms with E-state index in [1.54, 1.807) is 4.90 Å². The maximum Gasteiger partial charge on any atom is 0.416 e. The summed E-state index contributed by atoms with van der Waals surface area (Å²) in [5.41, 5.74) is -0.468. The van der Waals surface area contributed by atoms with Crippen molar-refractivity contribution < 1.29 is 22.8 Å². The van der Waals surface area contributed by atoms with Gasteiger partial charge < -0.3 is 9.80 Å². The molecule has 2 amide bonds. The van der Waals surface area contributed by atoms with Crippen LogP contribution in [0.2, 0.25) is 0 Å². The second-order valence-electron chi connectivity index (χ2n) is 8.24. The molecule has 2 aliphatic heterocycles. The van der Waals surface area contributed by atoms with Crippen molar-refractivity contribution in [2.45, 2.75) is 50.7 Å². The van der Waals surface area contributed by atoms with Crippen molar-refractivity contribution in [2.75, 3.05) is 19.6 Å². The number of hydrogen-bond donors (Lipinski definition) is 0. The van der Waals surface area contributed by atoms with Crippen LogP contribution in [0, 0.1) is 11.8 Å². The van der Waals surface area contributed by atoms with Gasteiger partial charge in [-0.1, -0.05) is 6.42 Å². The summed E-state index contributed by atoms with van der Waals surface area (Å²) in [7, 11) is 0. The first-order chi connectivity index (χ1) is 13.3. The SMILES string of the molecule is O=C(c1ccc(C(F)(F)F)cc1)N1CC[C@H]2[C@H](CCCN2C(=O)C2CCC2)C1. The maximum atomic E-state index is 12.8. The van der Waals surface area contributed by atoms with E-state index in [0.29, 0.717) is 13.1 Å². The molecular weight excluding hydrogens is 369 g/mol. The second-order valence-corrected chi connectivity index (χ2v) is 8.24. The molecule has 2 heterocycles. The van der Waals surface area contributed by atoms with Crippen LogP contribution < -0.4 is 0 Å². The quantitative estimate of drug-likeness (QED) is 0.762. The molecule has 28 heavy (non-hydrogen) atoms. The van der Waals surface area contributed by atoms with Gasteiger partial charge in [-0.2, -0.15) is 13.2 Å². The first-order valence-corrected chi connectivity index (χ1v) is 10.1. The van der Waals surface area contributed by atoms with E-state index in [2.05, 4.69) is 4.90 Å². The monoisotopic (exact) mass is 394 g/mol. The maximum absolute atomic E-state index is 12.8. The molecule has 7 heteroatoms. The van der Waals surface area contributed by atoms with Crippen LogP contribution in [0.1, 0.15) is 54.4 Å². The summed E-state index contributed by atoms with van der Waals surface area (Å²) in [4.78, 5) is 29.3. The minimum atomic E-state index is -4.40. The highest BCUT2D eigenvalue weighted by atomic mass is 19.4. The van der Waals surface area contributed by atoms with Crippen molar-refractivity contribution in [3.05, 3.63) is 35.4 Å². The molecule has 152 valence electrons. The molecule has 4 nitrogen and oxygen atoms in total. The fourth-order valence-electron chi connectivity index (χ4n) is 4.74. The number of amides is 2. The van der Waals surface area contributed by atoms with E-state index in [9.17, 15) is 22.8 Å². The van der Waals surface area contributed by atoms with Crippen LogP contribution in [0.3, 0.4) is 0 Å². The highest BCUT2D eigenvalue weighted by Crippen LogP contribution is 2.36. The van der Waals surface area contributed by atoms with Crippen LogP contribution in [-0.2, 0) is 11.0 Å². The Morgan fingerprint density at radius 2 is 1.64 bits per heavy atom. The van der Waals surface area contributed by atoms with Gasteiger partial charge in [0.2, 0.25) is 5.91 Å². The van der Waals surface area contributed by atoms with Crippen LogP contribution in [0.5, 0.6) is 0 Å². The average Bonchev–Trinajstić information content (AvgIpc) is 2.64. The lowest BCUT2D eigenvalue weighted by Crippen LogP contribution is -2.58. The molecule has 0 aromatic heterocycles. The van der Waals surface area contributed by atoms with Crippen LogP contribution in [0.15, 0.2) is 24.3 Å². The van der Waals surface area contributed by atoms with Gasteiger partial charge in [0.1, 0.15) is 0 Å². The third-order valence-corrected chi connectivity index (χ3v) is 6.55. The van der Waals surface area contributed by atoms with Crippen molar-refractivity contribution in [1.82, 2.24) is 9.80 Å². The number of rotatable bonds is 2. The number of halogens is 3. The number of carbonyl (C=O) groups is 2. The lowest BCUT2D eigenvalue weighted by atomic mass is 9.80. The van der Waals surface area contributed by atoms with E-state index < -0.39 is 11.7 Å². The summed E-state index contributed by atoms with van der Waals surface area (Å²) >= 11 is 0. The zero-order chi connectivity index (χ0) is 19.9. The normalized spacial score (nSPS) is 25.8. The summed E-state index contributed by atoms with van der Waals surface area (Å²) in [6.45, 7) is 1.91. The second kappa shape index (κ2) is 7.41. The number of nitrogens with zero attached hydrogens (tertiary/aromatic N) is 2. The lowest BCUT2D eigenvalue weighted by Gasteiger charge is -2.48. The van der Waals surface area contributed by atoms with E-state index >= 15 is 0 Å². The molecular formula is C21H25F3N2O2. The number of piperidine rings is 2. The first-order valence-electron chi connectivity index (χ1n) is 10.1. The minimum absolute atomic E-state index is 0.186. The van der Waals surface area contributed by atoms with Crippen LogP contribution >= 0.6 is 0 Å². The van der Waals surface area contributed by atoms with Gasteiger partial charge >= 0.3 is 6.18 Å². The van der Waals surface area contributed by atoms with Gasteiger partial charge in [0.25, 0.3) is 5.91 Å². The Hall–Kier alpha value is -2.05. The van der Waals surface area contributed by atoms with Crippen LogP contribution in [0.4, 0.5) is 13.2 Å².